The molecule has 2 unspecified atom stereocenters. The molecule has 4 aliphatic carbocycles. The van der Waals surface area contributed by atoms with Crippen LogP contribution in [0, 0.1) is 34.5 Å². The minimum Gasteiger partial charge on any atom is -0.481 e. The number of fused-ring (bicyclic) bond motifs is 5. The summed E-state index contributed by atoms with van der Waals surface area (Å²) in [6, 6.07) is 0. The monoisotopic (exact) mass is 319 g/mol. The molecule has 0 saturated heterocycles. The third-order valence-electron chi connectivity index (χ3n) is 9.22. The average molecular weight is 319 g/mol. The molecule has 3 heteroatoms. The molecule has 0 spiro atoms. The fourth-order valence-corrected chi connectivity index (χ4v) is 7.76. The van der Waals surface area contributed by atoms with Crippen molar-refractivity contribution in [3.63, 3.8) is 0 Å². The largest absolute Gasteiger partial charge is 0.481 e. The maximum Gasteiger partial charge on any atom is 0.307 e. The molecule has 3 N–H and O–H groups in total. The lowest BCUT2D eigenvalue weighted by Crippen LogP contribution is -2.66. The molecule has 130 valence electrons. The Morgan fingerprint density at radius 3 is 2.48 bits per heavy atom. The van der Waals surface area contributed by atoms with Crippen molar-refractivity contribution in [3.8, 4) is 0 Å². The third-order valence-corrected chi connectivity index (χ3v) is 9.22. The van der Waals surface area contributed by atoms with Gasteiger partial charge in [0.2, 0.25) is 0 Å². The van der Waals surface area contributed by atoms with Gasteiger partial charge in [-0.3, -0.25) is 4.79 Å². The number of carbonyl (C=O) groups is 1. The maximum atomic E-state index is 11.8. The first-order valence-electron chi connectivity index (χ1n) is 9.85. The van der Waals surface area contributed by atoms with Gasteiger partial charge in [0.25, 0.3) is 0 Å². The lowest BCUT2D eigenvalue weighted by atomic mass is 9.43. The van der Waals surface area contributed by atoms with Crippen LogP contribution < -0.4 is 5.73 Å². The molecule has 3 nitrogen and oxygen atoms in total. The van der Waals surface area contributed by atoms with Crippen LogP contribution in [0.4, 0.5) is 0 Å². The summed E-state index contributed by atoms with van der Waals surface area (Å²) in [5, 5.41) is 9.71. The van der Waals surface area contributed by atoms with E-state index >= 15 is 0 Å². The minimum atomic E-state index is -0.615. The van der Waals surface area contributed by atoms with Gasteiger partial charge in [-0.2, -0.15) is 0 Å². The van der Waals surface area contributed by atoms with Crippen LogP contribution in [-0.4, -0.2) is 16.6 Å². The van der Waals surface area contributed by atoms with Crippen molar-refractivity contribution in [1.82, 2.24) is 0 Å². The van der Waals surface area contributed by atoms with E-state index in [1.165, 1.54) is 44.9 Å². The Bertz CT molecular complexity index is 520. The summed E-state index contributed by atoms with van der Waals surface area (Å²) < 4.78 is 0. The summed E-state index contributed by atoms with van der Waals surface area (Å²) in [6.07, 6.45) is 12.1. The third kappa shape index (κ3) is 1.89. The second kappa shape index (κ2) is 4.97. The van der Waals surface area contributed by atoms with Crippen LogP contribution in [-0.2, 0) is 4.79 Å². The van der Waals surface area contributed by atoms with E-state index in [4.69, 9.17) is 5.73 Å². The van der Waals surface area contributed by atoms with Gasteiger partial charge >= 0.3 is 5.97 Å². The van der Waals surface area contributed by atoms with E-state index in [0.717, 1.165) is 31.1 Å². The molecule has 0 radical (unpaired) electrons. The number of rotatable bonds is 1. The Balaban J connectivity index is 1.70. The van der Waals surface area contributed by atoms with Crippen molar-refractivity contribution in [2.45, 2.75) is 83.6 Å². The molecule has 0 aromatic carbocycles. The number of carboxylic acid groups (broad SMARTS) is 1. The Morgan fingerprint density at radius 1 is 0.957 bits per heavy atom. The highest BCUT2D eigenvalue weighted by atomic mass is 16.4. The highest BCUT2D eigenvalue weighted by Crippen LogP contribution is 2.68. The van der Waals surface area contributed by atoms with Crippen LogP contribution in [0.5, 0.6) is 0 Å². The summed E-state index contributed by atoms with van der Waals surface area (Å²) in [4.78, 5) is 11.8. The van der Waals surface area contributed by atoms with Crippen molar-refractivity contribution in [3.05, 3.63) is 0 Å². The van der Waals surface area contributed by atoms with E-state index in [9.17, 15) is 9.90 Å². The summed E-state index contributed by atoms with van der Waals surface area (Å²) in [5.41, 5.74) is 7.13. The SMILES string of the molecule is C[C@]12CCCCC1CC[C@@H]1[C@@H]2CC[C@]2(C)C(C(=O)O)CC[C@@]12N. The Kier molecular flexibility index (Phi) is 3.44. The first kappa shape index (κ1) is 15.9. The quantitative estimate of drug-likeness (QED) is 0.761. The van der Waals surface area contributed by atoms with Crippen molar-refractivity contribution in [2.75, 3.05) is 0 Å². The van der Waals surface area contributed by atoms with E-state index in [1.807, 2.05) is 0 Å². The molecular formula is C20H33NO2. The van der Waals surface area contributed by atoms with Gasteiger partial charge in [0, 0.05) is 5.54 Å². The smallest absolute Gasteiger partial charge is 0.307 e. The predicted octanol–water partition coefficient (Wildman–Crippen LogP) is 4.20. The number of hydrogen-bond donors (Lipinski definition) is 2. The predicted molar refractivity (Wildman–Crippen MR) is 90.9 cm³/mol. The van der Waals surface area contributed by atoms with Crippen LogP contribution in [0.1, 0.15) is 78.1 Å². The number of carboxylic acids is 1. The standard InChI is InChI=1S/C20H33NO2/c1-18-10-4-3-5-13(18)6-7-15-14(18)8-11-19(2)16(17(22)23)9-12-20(15,19)21/h13-16H,3-12,21H2,1-2H3,(H,22,23)/t13?,14-,15+,16?,18-,19+,20+/m0/s1. The second-order valence-electron chi connectivity index (χ2n) is 9.66. The molecule has 0 aliphatic heterocycles. The zero-order valence-electron chi connectivity index (χ0n) is 14.8. The normalized spacial score (nSPS) is 55.6. The second-order valence-corrected chi connectivity index (χ2v) is 9.66. The fourth-order valence-electron chi connectivity index (χ4n) is 7.76. The van der Waals surface area contributed by atoms with Crippen LogP contribution in [0.2, 0.25) is 0 Å². The van der Waals surface area contributed by atoms with Crippen molar-refractivity contribution >= 4 is 5.97 Å². The topological polar surface area (TPSA) is 63.3 Å². The van der Waals surface area contributed by atoms with Crippen molar-refractivity contribution in [2.24, 2.45) is 40.2 Å². The van der Waals surface area contributed by atoms with Crippen molar-refractivity contribution in [1.29, 1.82) is 0 Å². The highest BCUT2D eigenvalue weighted by molar-refractivity contribution is 5.72. The zero-order chi connectivity index (χ0) is 16.5. The Labute approximate surface area is 140 Å². The van der Waals surface area contributed by atoms with Gasteiger partial charge < -0.3 is 10.8 Å². The molecular weight excluding hydrogens is 286 g/mol. The van der Waals surface area contributed by atoms with E-state index in [1.54, 1.807) is 0 Å². The van der Waals surface area contributed by atoms with Crippen molar-refractivity contribution < 1.29 is 9.90 Å². The summed E-state index contributed by atoms with van der Waals surface area (Å²) >= 11 is 0. The molecule has 4 aliphatic rings. The zero-order valence-corrected chi connectivity index (χ0v) is 14.8. The molecule has 0 aromatic rings. The summed E-state index contributed by atoms with van der Waals surface area (Å²) in [5.74, 6) is 1.32. The molecule has 7 atom stereocenters. The molecule has 0 amide bonds. The van der Waals surface area contributed by atoms with E-state index < -0.39 is 5.97 Å². The van der Waals surface area contributed by atoms with Gasteiger partial charge in [0.05, 0.1) is 5.92 Å². The highest BCUT2D eigenvalue weighted by Gasteiger charge is 2.67. The van der Waals surface area contributed by atoms with Crippen LogP contribution in [0.15, 0.2) is 0 Å². The summed E-state index contributed by atoms with van der Waals surface area (Å²) in [7, 11) is 0. The van der Waals surface area contributed by atoms with E-state index in [-0.39, 0.29) is 16.9 Å². The van der Waals surface area contributed by atoms with Gasteiger partial charge in [-0.05, 0) is 80.0 Å². The van der Waals surface area contributed by atoms with Crippen LogP contribution in [0.25, 0.3) is 0 Å². The van der Waals surface area contributed by atoms with Crippen LogP contribution in [0.3, 0.4) is 0 Å². The maximum absolute atomic E-state index is 11.8. The van der Waals surface area contributed by atoms with Gasteiger partial charge in [-0.1, -0.05) is 26.7 Å². The molecule has 4 fully saturated rings. The molecule has 4 rings (SSSR count). The molecule has 0 bridgehead atoms. The first-order valence-corrected chi connectivity index (χ1v) is 9.85. The number of aliphatic carboxylic acids is 1. The molecule has 4 saturated carbocycles. The van der Waals surface area contributed by atoms with Crippen LogP contribution >= 0.6 is 0 Å². The Hall–Kier alpha value is -0.570. The van der Waals surface area contributed by atoms with Gasteiger partial charge in [-0.15, -0.1) is 0 Å². The molecule has 23 heavy (non-hydrogen) atoms. The number of nitrogens with two attached hydrogens (primary N) is 1. The lowest BCUT2D eigenvalue weighted by molar-refractivity contribution is -0.154. The van der Waals surface area contributed by atoms with Gasteiger partial charge in [-0.25, -0.2) is 0 Å². The lowest BCUT2D eigenvalue weighted by Gasteiger charge is -2.63. The summed E-state index contributed by atoms with van der Waals surface area (Å²) in [6.45, 7) is 4.74. The van der Waals surface area contributed by atoms with E-state index in [0.29, 0.717) is 11.3 Å². The number of hydrogen-bond acceptors (Lipinski definition) is 2. The first-order chi connectivity index (χ1) is 10.8. The van der Waals surface area contributed by atoms with E-state index in [2.05, 4.69) is 13.8 Å². The molecule has 0 heterocycles. The van der Waals surface area contributed by atoms with Gasteiger partial charge in [0.15, 0.2) is 0 Å². The minimum absolute atomic E-state index is 0.197. The molecule has 0 aromatic heterocycles. The van der Waals surface area contributed by atoms with Gasteiger partial charge in [0.1, 0.15) is 0 Å². The average Bonchev–Trinajstić information content (AvgIpc) is 2.78. The fraction of sp³-hybridized carbons (Fsp3) is 0.950. The Morgan fingerprint density at radius 2 is 1.74 bits per heavy atom.